The Hall–Kier alpha value is -3.01. The Morgan fingerprint density at radius 1 is 1.06 bits per heavy atom. The Kier molecular flexibility index (Phi) is 6.52. The van der Waals surface area contributed by atoms with Crippen molar-refractivity contribution in [2.75, 3.05) is 19.0 Å². The van der Waals surface area contributed by atoms with Crippen molar-refractivity contribution in [1.82, 2.24) is 9.97 Å². The SMILES string of the molecule is COc1cccc(F)c1C(C)(C)CC(O)(CNc1ccc(F)c2nc(C)ncc12)C(F)(F)F. The zero-order chi connectivity index (χ0) is 24.6. The molecule has 178 valence electrons. The predicted octanol–water partition coefficient (Wildman–Crippen LogP) is 5.30. The number of aromatic nitrogens is 2. The summed E-state index contributed by atoms with van der Waals surface area (Å²) >= 11 is 0. The number of fused-ring (bicyclic) bond motifs is 1. The highest BCUT2D eigenvalue weighted by Gasteiger charge is 2.56. The minimum atomic E-state index is -5.06. The van der Waals surface area contributed by atoms with Gasteiger partial charge in [-0.2, -0.15) is 13.2 Å². The summed E-state index contributed by atoms with van der Waals surface area (Å²) in [6.07, 6.45) is -4.63. The Labute approximate surface area is 187 Å². The third-order valence-corrected chi connectivity index (χ3v) is 5.53. The highest BCUT2D eigenvalue weighted by atomic mass is 19.4. The first-order chi connectivity index (χ1) is 15.3. The van der Waals surface area contributed by atoms with Crippen molar-refractivity contribution in [3.05, 3.63) is 59.6 Å². The van der Waals surface area contributed by atoms with Crippen LogP contribution in [0.1, 0.15) is 31.7 Å². The first-order valence-corrected chi connectivity index (χ1v) is 10.1. The summed E-state index contributed by atoms with van der Waals surface area (Å²) in [4.78, 5) is 7.96. The number of anilines is 1. The molecule has 0 aliphatic carbocycles. The molecule has 5 nitrogen and oxygen atoms in total. The van der Waals surface area contributed by atoms with E-state index in [0.717, 1.165) is 12.1 Å². The van der Waals surface area contributed by atoms with Crippen LogP contribution in [0.25, 0.3) is 10.9 Å². The zero-order valence-electron chi connectivity index (χ0n) is 18.5. The number of nitrogens with one attached hydrogen (secondary N) is 1. The van der Waals surface area contributed by atoms with Crippen LogP contribution in [0.4, 0.5) is 27.6 Å². The molecule has 0 amide bonds. The fourth-order valence-electron chi connectivity index (χ4n) is 3.98. The minimum absolute atomic E-state index is 0.0560. The second kappa shape index (κ2) is 8.74. The molecule has 1 unspecified atom stereocenters. The van der Waals surface area contributed by atoms with E-state index in [0.29, 0.717) is 5.82 Å². The topological polar surface area (TPSA) is 67.3 Å². The lowest BCUT2D eigenvalue weighted by Gasteiger charge is -2.38. The first kappa shape index (κ1) is 24.6. The van der Waals surface area contributed by atoms with E-state index < -0.39 is 41.8 Å². The van der Waals surface area contributed by atoms with Gasteiger partial charge in [-0.15, -0.1) is 0 Å². The molecule has 0 aliphatic heterocycles. The number of halogens is 5. The van der Waals surface area contributed by atoms with Crippen LogP contribution in [0, 0.1) is 18.6 Å². The van der Waals surface area contributed by atoms with Crippen LogP contribution < -0.4 is 10.1 Å². The van der Waals surface area contributed by atoms with Crippen molar-refractivity contribution in [2.45, 2.75) is 44.4 Å². The number of alkyl halides is 3. The van der Waals surface area contributed by atoms with E-state index in [9.17, 15) is 27.1 Å². The van der Waals surface area contributed by atoms with Gasteiger partial charge in [0.05, 0.1) is 13.7 Å². The number of ether oxygens (including phenoxy) is 1. The maximum atomic E-state index is 14.6. The average Bonchev–Trinajstić information content (AvgIpc) is 2.72. The second-order valence-electron chi connectivity index (χ2n) is 8.54. The van der Waals surface area contributed by atoms with E-state index in [1.54, 1.807) is 6.92 Å². The zero-order valence-corrected chi connectivity index (χ0v) is 18.5. The predicted molar refractivity (Wildman–Crippen MR) is 114 cm³/mol. The summed E-state index contributed by atoms with van der Waals surface area (Å²) in [5.41, 5.74) is -4.73. The Morgan fingerprint density at radius 2 is 1.76 bits per heavy atom. The van der Waals surface area contributed by atoms with E-state index >= 15 is 0 Å². The molecule has 0 aliphatic rings. The molecule has 1 atom stereocenters. The van der Waals surface area contributed by atoms with Crippen LogP contribution in [0.15, 0.2) is 36.5 Å². The summed E-state index contributed by atoms with van der Waals surface area (Å²) in [7, 11) is 1.29. The lowest BCUT2D eigenvalue weighted by atomic mass is 9.74. The lowest BCUT2D eigenvalue weighted by Crippen LogP contribution is -2.54. The fourth-order valence-corrected chi connectivity index (χ4v) is 3.98. The number of benzene rings is 2. The average molecular weight is 469 g/mol. The standard InChI is InChI=1S/C23H24F5N3O2/c1-13-29-10-14-17(9-8-16(25)20(14)31-13)30-12-22(32,23(26,27)28)11-21(2,3)19-15(24)6-5-7-18(19)33-4/h5-10,30,32H,11-12H2,1-4H3. The van der Waals surface area contributed by atoms with Crippen LogP contribution in [-0.2, 0) is 5.41 Å². The van der Waals surface area contributed by atoms with Crippen molar-refractivity contribution in [3.8, 4) is 5.75 Å². The summed E-state index contributed by atoms with van der Waals surface area (Å²) in [5, 5.41) is 13.5. The molecule has 1 heterocycles. The van der Waals surface area contributed by atoms with E-state index in [-0.39, 0.29) is 27.9 Å². The maximum Gasteiger partial charge on any atom is 0.418 e. The third kappa shape index (κ3) is 4.85. The van der Waals surface area contributed by atoms with Gasteiger partial charge in [-0.3, -0.25) is 0 Å². The van der Waals surface area contributed by atoms with Gasteiger partial charge in [-0.1, -0.05) is 19.9 Å². The number of rotatable bonds is 7. The highest BCUT2D eigenvalue weighted by Crippen LogP contribution is 2.44. The van der Waals surface area contributed by atoms with Crippen LogP contribution in [-0.4, -0.2) is 40.5 Å². The molecule has 3 rings (SSSR count). The molecule has 0 saturated heterocycles. The largest absolute Gasteiger partial charge is 0.496 e. The molecule has 10 heteroatoms. The number of nitrogens with zero attached hydrogens (tertiary/aromatic N) is 2. The summed E-state index contributed by atoms with van der Waals surface area (Å²) in [5.74, 6) is -1.02. The minimum Gasteiger partial charge on any atom is -0.496 e. The van der Waals surface area contributed by atoms with Crippen molar-refractivity contribution in [2.24, 2.45) is 0 Å². The van der Waals surface area contributed by atoms with Crippen LogP contribution in [0.3, 0.4) is 0 Å². The van der Waals surface area contributed by atoms with Gasteiger partial charge in [0.25, 0.3) is 0 Å². The number of hydrogen-bond acceptors (Lipinski definition) is 5. The second-order valence-corrected chi connectivity index (χ2v) is 8.54. The van der Waals surface area contributed by atoms with Crippen molar-refractivity contribution >= 4 is 16.6 Å². The molecular weight excluding hydrogens is 445 g/mol. The number of hydrogen-bond donors (Lipinski definition) is 2. The van der Waals surface area contributed by atoms with Gasteiger partial charge in [0, 0.05) is 22.8 Å². The van der Waals surface area contributed by atoms with E-state index in [1.165, 1.54) is 45.4 Å². The van der Waals surface area contributed by atoms with Crippen LogP contribution in [0.2, 0.25) is 0 Å². The maximum absolute atomic E-state index is 14.6. The Balaban J connectivity index is 1.97. The molecule has 0 fully saturated rings. The molecular formula is C23H24F5N3O2. The first-order valence-electron chi connectivity index (χ1n) is 10.1. The number of methoxy groups -OCH3 is 1. The van der Waals surface area contributed by atoms with E-state index in [2.05, 4.69) is 15.3 Å². The van der Waals surface area contributed by atoms with E-state index in [1.807, 2.05) is 0 Å². The van der Waals surface area contributed by atoms with Crippen molar-refractivity contribution in [3.63, 3.8) is 0 Å². The highest BCUT2D eigenvalue weighted by molar-refractivity contribution is 5.91. The van der Waals surface area contributed by atoms with Gasteiger partial charge in [-0.25, -0.2) is 18.7 Å². The number of aryl methyl sites for hydroxylation is 1. The normalized spacial score (nSPS) is 14.2. The smallest absolute Gasteiger partial charge is 0.418 e. The molecule has 3 aromatic rings. The van der Waals surface area contributed by atoms with Gasteiger partial charge in [0.1, 0.15) is 28.7 Å². The monoisotopic (exact) mass is 469 g/mol. The summed E-state index contributed by atoms with van der Waals surface area (Å²) < 4.78 is 76.1. The fraction of sp³-hybridized carbons (Fsp3) is 0.391. The molecule has 33 heavy (non-hydrogen) atoms. The van der Waals surface area contributed by atoms with E-state index in [4.69, 9.17) is 4.74 Å². The molecule has 1 aromatic heterocycles. The van der Waals surface area contributed by atoms with Crippen LogP contribution >= 0.6 is 0 Å². The third-order valence-electron chi connectivity index (χ3n) is 5.53. The molecule has 0 saturated carbocycles. The quantitative estimate of drug-likeness (QED) is 0.460. The van der Waals surface area contributed by atoms with Gasteiger partial charge >= 0.3 is 6.18 Å². The molecule has 2 aromatic carbocycles. The van der Waals surface area contributed by atoms with Crippen molar-refractivity contribution < 1.29 is 31.8 Å². The Morgan fingerprint density at radius 3 is 2.39 bits per heavy atom. The van der Waals surface area contributed by atoms with Crippen molar-refractivity contribution in [1.29, 1.82) is 0 Å². The molecule has 0 bridgehead atoms. The number of aliphatic hydroxyl groups is 1. The molecule has 0 spiro atoms. The van der Waals surface area contributed by atoms with Gasteiger partial charge in [0.15, 0.2) is 5.60 Å². The van der Waals surface area contributed by atoms with Gasteiger partial charge in [-0.05, 0) is 43.0 Å². The van der Waals surface area contributed by atoms with Gasteiger partial charge in [0.2, 0.25) is 0 Å². The Bertz CT molecular complexity index is 1170. The molecule has 2 N–H and O–H groups in total. The molecule has 0 radical (unpaired) electrons. The van der Waals surface area contributed by atoms with Crippen LogP contribution in [0.5, 0.6) is 5.75 Å². The summed E-state index contributed by atoms with van der Waals surface area (Å²) in [6, 6.07) is 6.26. The lowest BCUT2D eigenvalue weighted by molar-refractivity contribution is -0.260. The van der Waals surface area contributed by atoms with Gasteiger partial charge < -0.3 is 15.2 Å². The summed E-state index contributed by atoms with van der Waals surface area (Å²) in [6.45, 7) is 3.38.